The second-order valence-electron chi connectivity index (χ2n) is 6.85. The number of amides is 1. The molecule has 2 saturated carbocycles. The van der Waals surface area contributed by atoms with E-state index in [1.54, 1.807) is 11.3 Å². The smallest absolute Gasteiger partial charge is 0.232 e. The second kappa shape index (κ2) is 6.11. The van der Waals surface area contributed by atoms with Gasteiger partial charge >= 0.3 is 0 Å². The Morgan fingerprint density at radius 2 is 2.17 bits per heavy atom. The van der Waals surface area contributed by atoms with Crippen molar-refractivity contribution >= 4 is 17.2 Å². The molecule has 1 N–H and O–H groups in total. The van der Waals surface area contributed by atoms with E-state index in [1.165, 1.54) is 32.1 Å². The van der Waals surface area contributed by atoms with Crippen LogP contribution in [0.1, 0.15) is 50.6 Å². The molecule has 0 bridgehead atoms. The molecule has 0 atom stereocenters. The van der Waals surface area contributed by atoms with Crippen molar-refractivity contribution in [1.82, 2.24) is 10.5 Å². The molecule has 5 heteroatoms. The van der Waals surface area contributed by atoms with Crippen LogP contribution in [0, 0.1) is 5.92 Å². The van der Waals surface area contributed by atoms with Crippen molar-refractivity contribution in [3.63, 3.8) is 0 Å². The fourth-order valence-corrected chi connectivity index (χ4v) is 4.23. The molecule has 0 aliphatic heterocycles. The number of hydrogen-bond donors (Lipinski definition) is 1. The molecule has 23 heavy (non-hydrogen) atoms. The van der Waals surface area contributed by atoms with Gasteiger partial charge < -0.3 is 9.84 Å². The number of rotatable bonds is 5. The average Bonchev–Trinajstić information content (AvgIpc) is 3.02. The van der Waals surface area contributed by atoms with Crippen LogP contribution in [0.25, 0.3) is 10.6 Å². The first kappa shape index (κ1) is 14.9. The summed E-state index contributed by atoms with van der Waals surface area (Å²) in [7, 11) is 0. The van der Waals surface area contributed by atoms with Crippen LogP contribution in [-0.4, -0.2) is 17.6 Å². The summed E-state index contributed by atoms with van der Waals surface area (Å²) in [5.74, 6) is 1.55. The van der Waals surface area contributed by atoms with E-state index in [9.17, 15) is 4.79 Å². The summed E-state index contributed by atoms with van der Waals surface area (Å²) in [4.78, 5) is 13.7. The monoisotopic (exact) mass is 330 g/mol. The highest BCUT2D eigenvalue weighted by molar-refractivity contribution is 7.13. The molecule has 0 spiro atoms. The molecule has 4 rings (SSSR count). The molecule has 2 aliphatic carbocycles. The van der Waals surface area contributed by atoms with Crippen molar-refractivity contribution in [3.05, 3.63) is 29.3 Å². The number of carbonyl (C=O) groups is 1. The van der Waals surface area contributed by atoms with Crippen molar-refractivity contribution in [3.8, 4) is 10.6 Å². The highest BCUT2D eigenvalue weighted by atomic mass is 32.1. The normalized spacial score (nSPS) is 20.3. The number of carbonyl (C=O) groups excluding carboxylic acids is 1. The molecular formula is C18H22N2O2S. The lowest BCUT2D eigenvalue weighted by molar-refractivity contribution is -0.123. The third-order valence-corrected chi connectivity index (χ3v) is 6.11. The third-order valence-electron chi connectivity index (χ3n) is 5.23. The fraction of sp³-hybridized carbons (Fsp3) is 0.556. The molecule has 2 fully saturated rings. The van der Waals surface area contributed by atoms with Crippen LogP contribution >= 0.6 is 11.3 Å². The van der Waals surface area contributed by atoms with Gasteiger partial charge in [-0.05, 0) is 43.0 Å². The van der Waals surface area contributed by atoms with Gasteiger partial charge in [0.15, 0.2) is 5.76 Å². The third kappa shape index (κ3) is 2.94. The van der Waals surface area contributed by atoms with Gasteiger partial charge in [-0.1, -0.05) is 30.5 Å². The van der Waals surface area contributed by atoms with E-state index in [0.717, 1.165) is 35.7 Å². The first-order valence-corrected chi connectivity index (χ1v) is 9.45. The lowest BCUT2D eigenvalue weighted by atomic mass is 9.89. The SMILES string of the molecule is O=C(NCC1CCCCC1)C1(c2cc(-c3cccs3)on2)CC1. The minimum absolute atomic E-state index is 0.133. The van der Waals surface area contributed by atoms with E-state index in [2.05, 4.69) is 10.5 Å². The molecule has 0 aromatic carbocycles. The molecule has 0 unspecified atom stereocenters. The topological polar surface area (TPSA) is 55.1 Å². The Hall–Kier alpha value is -1.62. The zero-order valence-corrected chi connectivity index (χ0v) is 14.0. The van der Waals surface area contributed by atoms with Crippen LogP contribution in [0.15, 0.2) is 28.1 Å². The number of nitrogens with zero attached hydrogens (tertiary/aromatic N) is 1. The highest BCUT2D eigenvalue weighted by Gasteiger charge is 2.53. The quantitative estimate of drug-likeness (QED) is 0.897. The molecule has 0 radical (unpaired) electrons. The summed E-state index contributed by atoms with van der Waals surface area (Å²) >= 11 is 1.62. The van der Waals surface area contributed by atoms with Gasteiger partial charge in [0.2, 0.25) is 5.91 Å². The minimum atomic E-state index is -0.437. The molecule has 122 valence electrons. The van der Waals surface area contributed by atoms with Crippen LogP contribution < -0.4 is 5.32 Å². The Morgan fingerprint density at radius 1 is 1.35 bits per heavy atom. The molecule has 2 aromatic rings. The molecule has 1 amide bonds. The van der Waals surface area contributed by atoms with Gasteiger partial charge in [-0.3, -0.25) is 4.79 Å². The second-order valence-corrected chi connectivity index (χ2v) is 7.80. The van der Waals surface area contributed by atoms with Gasteiger partial charge in [0.05, 0.1) is 16.0 Å². The summed E-state index contributed by atoms with van der Waals surface area (Å²) in [5, 5.41) is 9.39. The number of aromatic nitrogens is 1. The van der Waals surface area contributed by atoms with Crippen LogP contribution in [0.2, 0.25) is 0 Å². The number of hydrogen-bond acceptors (Lipinski definition) is 4. The van der Waals surface area contributed by atoms with E-state index in [1.807, 2.05) is 23.6 Å². The average molecular weight is 330 g/mol. The van der Waals surface area contributed by atoms with Gasteiger partial charge in [0, 0.05) is 12.6 Å². The van der Waals surface area contributed by atoms with Crippen molar-refractivity contribution < 1.29 is 9.32 Å². The molecule has 2 heterocycles. The van der Waals surface area contributed by atoms with Crippen molar-refractivity contribution in [1.29, 1.82) is 0 Å². The maximum absolute atomic E-state index is 12.7. The minimum Gasteiger partial charge on any atom is -0.355 e. The van der Waals surface area contributed by atoms with Crippen LogP contribution in [0.5, 0.6) is 0 Å². The Labute approximate surface area is 140 Å². The van der Waals surface area contributed by atoms with Gasteiger partial charge in [0.1, 0.15) is 0 Å². The summed E-state index contributed by atoms with van der Waals surface area (Å²) in [6.07, 6.45) is 8.20. The predicted octanol–water partition coefficient (Wildman–Crippen LogP) is 4.13. The predicted molar refractivity (Wildman–Crippen MR) is 90.3 cm³/mol. The number of thiophene rings is 1. The maximum atomic E-state index is 12.7. The lowest BCUT2D eigenvalue weighted by Gasteiger charge is -2.23. The fourth-order valence-electron chi connectivity index (χ4n) is 3.56. The van der Waals surface area contributed by atoms with E-state index in [-0.39, 0.29) is 5.91 Å². The molecule has 4 nitrogen and oxygen atoms in total. The van der Waals surface area contributed by atoms with Crippen molar-refractivity contribution in [2.45, 2.75) is 50.4 Å². The van der Waals surface area contributed by atoms with E-state index >= 15 is 0 Å². The Bertz CT molecular complexity index is 667. The maximum Gasteiger partial charge on any atom is 0.232 e. The summed E-state index contributed by atoms with van der Waals surface area (Å²) < 4.78 is 5.46. The lowest BCUT2D eigenvalue weighted by Crippen LogP contribution is -2.38. The van der Waals surface area contributed by atoms with E-state index in [4.69, 9.17) is 4.52 Å². The molecule has 0 saturated heterocycles. The summed E-state index contributed by atoms with van der Waals surface area (Å²) in [5.41, 5.74) is 0.357. The summed E-state index contributed by atoms with van der Waals surface area (Å²) in [6.45, 7) is 0.816. The van der Waals surface area contributed by atoms with Crippen molar-refractivity contribution in [2.75, 3.05) is 6.54 Å². The van der Waals surface area contributed by atoms with E-state index < -0.39 is 5.41 Å². The highest BCUT2D eigenvalue weighted by Crippen LogP contribution is 2.48. The van der Waals surface area contributed by atoms with Gasteiger partial charge in [-0.2, -0.15) is 0 Å². The molecule has 2 aliphatic rings. The van der Waals surface area contributed by atoms with E-state index in [0.29, 0.717) is 5.92 Å². The largest absolute Gasteiger partial charge is 0.355 e. The number of nitrogens with one attached hydrogen (secondary N) is 1. The zero-order valence-electron chi connectivity index (χ0n) is 13.2. The van der Waals surface area contributed by atoms with Crippen LogP contribution in [0.4, 0.5) is 0 Å². The first-order chi connectivity index (χ1) is 11.3. The molecular weight excluding hydrogens is 308 g/mol. The molecule has 2 aromatic heterocycles. The van der Waals surface area contributed by atoms with Crippen molar-refractivity contribution in [2.24, 2.45) is 5.92 Å². The van der Waals surface area contributed by atoms with Gasteiger partial charge in [0.25, 0.3) is 0 Å². The first-order valence-electron chi connectivity index (χ1n) is 8.57. The zero-order chi connectivity index (χ0) is 15.7. The summed E-state index contributed by atoms with van der Waals surface area (Å²) in [6, 6.07) is 5.95. The Morgan fingerprint density at radius 3 is 2.87 bits per heavy atom. The van der Waals surface area contributed by atoms with Gasteiger partial charge in [-0.15, -0.1) is 11.3 Å². The van der Waals surface area contributed by atoms with Crippen LogP contribution in [0.3, 0.4) is 0 Å². The van der Waals surface area contributed by atoms with Crippen LogP contribution in [-0.2, 0) is 10.2 Å². The Balaban J connectivity index is 1.42. The standard InChI is InChI=1S/C18H22N2O2S/c21-17(19-12-13-5-2-1-3-6-13)18(8-9-18)16-11-14(22-20-16)15-7-4-10-23-15/h4,7,10-11,13H,1-3,5-6,8-9,12H2,(H,19,21). The van der Waals surface area contributed by atoms with Gasteiger partial charge in [-0.25, -0.2) is 0 Å². The Kier molecular flexibility index (Phi) is 3.97.